The molecule has 96 valence electrons. The second kappa shape index (κ2) is 7.42. The van der Waals surface area contributed by atoms with Gasteiger partial charge >= 0.3 is 0 Å². The number of nitrogens with one attached hydrogen (secondary N) is 1. The summed E-state index contributed by atoms with van der Waals surface area (Å²) in [4.78, 5) is 2.50. The largest absolute Gasteiger partial charge is 0.311 e. The van der Waals surface area contributed by atoms with Crippen LogP contribution in [0.25, 0.3) is 0 Å². The van der Waals surface area contributed by atoms with E-state index in [1.54, 1.807) is 0 Å². The van der Waals surface area contributed by atoms with Crippen LogP contribution in [0, 0.1) is 11.3 Å². The number of hydrogen-bond donors (Lipinski definition) is 1. The maximum absolute atomic E-state index is 8.99. The minimum Gasteiger partial charge on any atom is -0.311 e. The molecule has 1 aliphatic rings. The van der Waals surface area contributed by atoms with Gasteiger partial charge in [0.1, 0.15) is 0 Å². The van der Waals surface area contributed by atoms with Crippen LogP contribution in [0.5, 0.6) is 0 Å². The summed E-state index contributed by atoms with van der Waals surface area (Å²) in [6, 6.07) is 10.0. The first-order valence-electron chi connectivity index (χ1n) is 6.39. The van der Waals surface area contributed by atoms with Crippen LogP contribution in [-0.2, 0) is 6.54 Å². The minimum atomic E-state index is 0.777. The highest BCUT2D eigenvalue weighted by atomic mass is 32.2. The van der Waals surface area contributed by atoms with Crippen molar-refractivity contribution in [3.63, 3.8) is 0 Å². The predicted molar refractivity (Wildman–Crippen MR) is 76.6 cm³/mol. The third-order valence-electron chi connectivity index (χ3n) is 3.16. The first-order valence-corrected chi connectivity index (χ1v) is 7.54. The summed E-state index contributed by atoms with van der Waals surface area (Å²) >= 11 is 2.04. The van der Waals surface area contributed by atoms with E-state index in [-0.39, 0.29) is 0 Å². The molecule has 4 heteroatoms. The van der Waals surface area contributed by atoms with Gasteiger partial charge in [-0.1, -0.05) is 18.2 Å². The fourth-order valence-corrected chi connectivity index (χ4v) is 3.05. The molecule has 1 aromatic carbocycles. The van der Waals surface area contributed by atoms with Gasteiger partial charge in [0, 0.05) is 44.2 Å². The van der Waals surface area contributed by atoms with Crippen LogP contribution in [0.1, 0.15) is 11.1 Å². The molecule has 2 rings (SSSR count). The lowest BCUT2D eigenvalue weighted by Crippen LogP contribution is -2.37. The van der Waals surface area contributed by atoms with Gasteiger partial charge in [-0.25, -0.2) is 0 Å². The second-order valence-corrected chi connectivity index (χ2v) is 5.62. The molecule has 3 nitrogen and oxygen atoms in total. The molecule has 1 heterocycles. The van der Waals surface area contributed by atoms with Gasteiger partial charge in [0.2, 0.25) is 0 Å². The molecule has 0 radical (unpaired) electrons. The molecule has 1 fully saturated rings. The Morgan fingerprint density at radius 2 is 2.06 bits per heavy atom. The van der Waals surface area contributed by atoms with E-state index in [0.29, 0.717) is 0 Å². The molecular weight excluding hydrogens is 242 g/mol. The normalized spacial score (nSPS) is 16.4. The Labute approximate surface area is 113 Å². The zero-order valence-electron chi connectivity index (χ0n) is 10.6. The molecule has 0 atom stereocenters. The van der Waals surface area contributed by atoms with Crippen LogP contribution in [-0.4, -0.2) is 42.6 Å². The number of thioether (sulfide) groups is 1. The molecule has 0 spiro atoms. The summed E-state index contributed by atoms with van der Waals surface area (Å²) in [5, 5.41) is 12.4. The van der Waals surface area contributed by atoms with E-state index in [9.17, 15) is 0 Å². The summed E-state index contributed by atoms with van der Waals surface area (Å²) in [7, 11) is 0. The van der Waals surface area contributed by atoms with Gasteiger partial charge in [0.05, 0.1) is 11.6 Å². The fourth-order valence-electron chi connectivity index (χ4n) is 2.07. The van der Waals surface area contributed by atoms with Crippen LogP contribution >= 0.6 is 11.8 Å². The molecule has 0 aromatic heterocycles. The quantitative estimate of drug-likeness (QED) is 0.819. The van der Waals surface area contributed by atoms with E-state index in [2.05, 4.69) is 16.3 Å². The minimum absolute atomic E-state index is 0.777. The van der Waals surface area contributed by atoms with Gasteiger partial charge in [-0.2, -0.15) is 17.0 Å². The molecule has 1 N–H and O–H groups in total. The van der Waals surface area contributed by atoms with E-state index in [4.69, 9.17) is 5.26 Å². The number of benzene rings is 1. The van der Waals surface area contributed by atoms with Crippen LogP contribution < -0.4 is 5.32 Å². The maximum atomic E-state index is 8.99. The van der Waals surface area contributed by atoms with E-state index < -0.39 is 0 Å². The van der Waals surface area contributed by atoms with Crippen molar-refractivity contribution in [1.82, 2.24) is 10.2 Å². The van der Waals surface area contributed by atoms with Gasteiger partial charge in [-0.15, -0.1) is 0 Å². The smallest absolute Gasteiger partial charge is 0.0995 e. The number of rotatable bonds is 5. The SMILES string of the molecule is N#Cc1ccccc1CNCCN1CCSCC1. The van der Waals surface area contributed by atoms with Gasteiger partial charge < -0.3 is 10.2 Å². The molecule has 18 heavy (non-hydrogen) atoms. The third-order valence-corrected chi connectivity index (χ3v) is 4.10. The Hall–Kier alpha value is -1.02. The second-order valence-electron chi connectivity index (χ2n) is 4.40. The lowest BCUT2D eigenvalue weighted by Gasteiger charge is -2.26. The molecule has 1 aliphatic heterocycles. The zero-order chi connectivity index (χ0) is 12.6. The lowest BCUT2D eigenvalue weighted by molar-refractivity contribution is 0.301. The van der Waals surface area contributed by atoms with Crippen molar-refractivity contribution in [3.8, 4) is 6.07 Å². The highest BCUT2D eigenvalue weighted by Crippen LogP contribution is 2.08. The number of nitrogens with zero attached hydrogens (tertiary/aromatic N) is 2. The average molecular weight is 261 g/mol. The summed E-state index contributed by atoms with van der Waals surface area (Å²) in [6.07, 6.45) is 0. The standard InChI is InChI=1S/C14H19N3S/c15-11-13-3-1-2-4-14(13)12-16-5-6-17-7-9-18-10-8-17/h1-4,16H,5-10,12H2. The van der Waals surface area contributed by atoms with Crippen molar-refractivity contribution in [1.29, 1.82) is 5.26 Å². The Kier molecular flexibility index (Phi) is 5.53. The number of nitriles is 1. The molecule has 0 amide bonds. The summed E-state index contributed by atoms with van der Waals surface area (Å²) < 4.78 is 0. The molecule has 0 aliphatic carbocycles. The predicted octanol–water partition coefficient (Wildman–Crippen LogP) is 1.70. The van der Waals surface area contributed by atoms with Crippen LogP contribution in [0.4, 0.5) is 0 Å². The molecule has 0 bridgehead atoms. The fraction of sp³-hybridized carbons (Fsp3) is 0.500. The average Bonchev–Trinajstić information content (AvgIpc) is 2.45. The van der Waals surface area contributed by atoms with Crippen molar-refractivity contribution < 1.29 is 0 Å². The highest BCUT2D eigenvalue weighted by Gasteiger charge is 2.09. The maximum Gasteiger partial charge on any atom is 0.0995 e. The Morgan fingerprint density at radius 1 is 1.28 bits per heavy atom. The topological polar surface area (TPSA) is 39.1 Å². The molecular formula is C14H19N3S. The molecule has 1 aromatic rings. The number of hydrogen-bond acceptors (Lipinski definition) is 4. The van der Waals surface area contributed by atoms with Crippen LogP contribution in [0.15, 0.2) is 24.3 Å². The van der Waals surface area contributed by atoms with Crippen LogP contribution in [0.2, 0.25) is 0 Å². The van der Waals surface area contributed by atoms with Crippen molar-refractivity contribution >= 4 is 11.8 Å². The van der Waals surface area contributed by atoms with E-state index >= 15 is 0 Å². The van der Waals surface area contributed by atoms with Gasteiger partial charge in [-0.3, -0.25) is 0 Å². The van der Waals surface area contributed by atoms with Gasteiger partial charge in [-0.05, 0) is 11.6 Å². The van der Waals surface area contributed by atoms with E-state index in [1.165, 1.54) is 24.6 Å². The summed E-state index contributed by atoms with van der Waals surface area (Å²) in [6.45, 7) is 5.30. The summed E-state index contributed by atoms with van der Waals surface area (Å²) in [5.41, 5.74) is 1.87. The first kappa shape index (κ1) is 13.4. The lowest BCUT2D eigenvalue weighted by atomic mass is 10.1. The monoisotopic (exact) mass is 261 g/mol. The molecule has 1 saturated heterocycles. The van der Waals surface area contributed by atoms with E-state index in [0.717, 1.165) is 30.8 Å². The third kappa shape index (κ3) is 4.02. The van der Waals surface area contributed by atoms with Crippen molar-refractivity contribution in [2.45, 2.75) is 6.54 Å². The van der Waals surface area contributed by atoms with Gasteiger partial charge in [0.15, 0.2) is 0 Å². The van der Waals surface area contributed by atoms with E-state index in [1.807, 2.05) is 36.0 Å². The Balaban J connectivity index is 1.70. The highest BCUT2D eigenvalue weighted by molar-refractivity contribution is 7.99. The Morgan fingerprint density at radius 3 is 2.83 bits per heavy atom. The van der Waals surface area contributed by atoms with Crippen LogP contribution in [0.3, 0.4) is 0 Å². The molecule has 0 saturated carbocycles. The van der Waals surface area contributed by atoms with Gasteiger partial charge in [0.25, 0.3) is 0 Å². The first-order chi connectivity index (χ1) is 8.90. The van der Waals surface area contributed by atoms with Crippen molar-refractivity contribution in [2.75, 3.05) is 37.7 Å². The van der Waals surface area contributed by atoms with Crippen molar-refractivity contribution in [2.24, 2.45) is 0 Å². The summed E-state index contributed by atoms with van der Waals surface area (Å²) in [5.74, 6) is 2.52. The molecule has 0 unspecified atom stereocenters. The Bertz CT molecular complexity index is 408. The zero-order valence-corrected chi connectivity index (χ0v) is 11.4. The van der Waals surface area contributed by atoms with Crippen molar-refractivity contribution in [3.05, 3.63) is 35.4 Å².